The zero-order valence-electron chi connectivity index (χ0n) is 13.4. The number of hydrogen-bond donors (Lipinski definition) is 1. The van der Waals surface area contributed by atoms with E-state index in [0.29, 0.717) is 11.4 Å². The van der Waals surface area contributed by atoms with Crippen LogP contribution in [0.3, 0.4) is 0 Å². The Bertz CT molecular complexity index is 697. The van der Waals surface area contributed by atoms with Crippen molar-refractivity contribution in [2.24, 2.45) is 0 Å². The summed E-state index contributed by atoms with van der Waals surface area (Å²) in [6, 6.07) is 11.9. The number of rotatable bonds is 5. The summed E-state index contributed by atoms with van der Waals surface area (Å²) < 4.78 is 44.2. The second-order valence-electron chi connectivity index (χ2n) is 5.68. The highest BCUT2D eigenvalue weighted by molar-refractivity contribution is 5.75. The fourth-order valence-corrected chi connectivity index (χ4v) is 2.20. The van der Waals surface area contributed by atoms with E-state index in [4.69, 9.17) is 4.74 Å². The number of carbonyl (C=O) groups excluding carboxylic acids is 1. The van der Waals surface area contributed by atoms with Gasteiger partial charge in [0.15, 0.2) is 0 Å². The first-order valence-electron chi connectivity index (χ1n) is 7.47. The zero-order valence-corrected chi connectivity index (χ0v) is 13.4. The molecule has 2 aromatic rings. The molecule has 0 unspecified atom stereocenters. The molecule has 0 aliphatic rings. The second kappa shape index (κ2) is 7.38. The van der Waals surface area contributed by atoms with Gasteiger partial charge >= 0.3 is 12.1 Å². The van der Waals surface area contributed by atoms with Gasteiger partial charge in [0.1, 0.15) is 5.75 Å². The molecule has 0 aromatic heterocycles. The normalized spacial score (nSPS) is 11.4. The number of anilines is 1. The van der Waals surface area contributed by atoms with E-state index in [1.165, 1.54) is 6.07 Å². The molecule has 128 valence electrons. The quantitative estimate of drug-likeness (QED) is 0.636. The van der Waals surface area contributed by atoms with Crippen molar-refractivity contribution in [3.8, 4) is 5.75 Å². The van der Waals surface area contributed by atoms with Crippen molar-refractivity contribution in [3.63, 3.8) is 0 Å². The average molecular weight is 337 g/mol. The standard InChI is InChI=1S/C18H18F3NO2/c1-12(2)22-15-9-13(8-14(11-15)18(19,20)21)10-17(23)24-16-6-4-3-5-7-16/h3-9,11-12,22H,10H2,1-2H3. The van der Waals surface area contributed by atoms with Gasteiger partial charge in [-0.25, -0.2) is 0 Å². The van der Waals surface area contributed by atoms with E-state index >= 15 is 0 Å². The zero-order chi connectivity index (χ0) is 17.7. The molecule has 0 fully saturated rings. The van der Waals surface area contributed by atoms with Crippen molar-refractivity contribution >= 4 is 11.7 Å². The molecule has 0 spiro atoms. The fourth-order valence-electron chi connectivity index (χ4n) is 2.20. The van der Waals surface area contributed by atoms with Crippen LogP contribution in [0.4, 0.5) is 18.9 Å². The lowest BCUT2D eigenvalue weighted by Gasteiger charge is -2.15. The molecule has 0 aliphatic carbocycles. The molecular formula is C18H18F3NO2. The minimum Gasteiger partial charge on any atom is -0.426 e. The van der Waals surface area contributed by atoms with Crippen molar-refractivity contribution in [1.29, 1.82) is 0 Å². The molecule has 3 nitrogen and oxygen atoms in total. The van der Waals surface area contributed by atoms with Crippen LogP contribution >= 0.6 is 0 Å². The van der Waals surface area contributed by atoms with E-state index in [-0.39, 0.29) is 18.0 Å². The number of carbonyl (C=O) groups is 1. The van der Waals surface area contributed by atoms with Crippen molar-refractivity contribution in [3.05, 3.63) is 59.7 Å². The Morgan fingerprint density at radius 2 is 1.79 bits per heavy atom. The van der Waals surface area contributed by atoms with Crippen LogP contribution in [0.15, 0.2) is 48.5 Å². The molecular weight excluding hydrogens is 319 g/mol. The van der Waals surface area contributed by atoms with Gasteiger partial charge in [-0.15, -0.1) is 0 Å². The molecule has 0 amide bonds. The summed E-state index contributed by atoms with van der Waals surface area (Å²) in [4.78, 5) is 12.0. The lowest BCUT2D eigenvalue weighted by atomic mass is 10.1. The van der Waals surface area contributed by atoms with Crippen molar-refractivity contribution in [1.82, 2.24) is 0 Å². The highest BCUT2D eigenvalue weighted by atomic mass is 19.4. The van der Waals surface area contributed by atoms with Crippen molar-refractivity contribution < 1.29 is 22.7 Å². The maximum absolute atomic E-state index is 13.0. The minimum atomic E-state index is -4.48. The SMILES string of the molecule is CC(C)Nc1cc(CC(=O)Oc2ccccc2)cc(C(F)(F)F)c1. The first-order valence-corrected chi connectivity index (χ1v) is 7.47. The molecule has 1 N–H and O–H groups in total. The number of esters is 1. The molecule has 24 heavy (non-hydrogen) atoms. The number of para-hydroxylation sites is 1. The molecule has 0 atom stereocenters. The van der Waals surface area contributed by atoms with E-state index in [0.717, 1.165) is 12.1 Å². The third-order valence-electron chi connectivity index (χ3n) is 3.10. The highest BCUT2D eigenvalue weighted by Gasteiger charge is 2.31. The monoisotopic (exact) mass is 337 g/mol. The first-order chi connectivity index (χ1) is 11.2. The van der Waals surface area contributed by atoms with Crippen molar-refractivity contribution in [2.75, 3.05) is 5.32 Å². The maximum Gasteiger partial charge on any atom is 0.416 e. The molecule has 2 aromatic carbocycles. The number of nitrogens with one attached hydrogen (secondary N) is 1. The van der Waals surface area contributed by atoms with Crippen LogP contribution in [0, 0.1) is 0 Å². The Balaban J connectivity index is 2.20. The number of ether oxygens (including phenoxy) is 1. The Kier molecular flexibility index (Phi) is 5.49. The van der Waals surface area contributed by atoms with Gasteiger partial charge in [-0.1, -0.05) is 18.2 Å². The highest BCUT2D eigenvalue weighted by Crippen LogP contribution is 2.32. The summed E-state index contributed by atoms with van der Waals surface area (Å²) in [5.41, 5.74) is -0.230. The van der Waals surface area contributed by atoms with Crippen molar-refractivity contribution in [2.45, 2.75) is 32.5 Å². The van der Waals surface area contributed by atoms with E-state index in [9.17, 15) is 18.0 Å². The van der Waals surface area contributed by atoms with Gasteiger partial charge in [-0.2, -0.15) is 13.2 Å². The molecule has 2 rings (SSSR count). The average Bonchev–Trinajstić information content (AvgIpc) is 2.46. The summed E-state index contributed by atoms with van der Waals surface area (Å²) in [7, 11) is 0. The molecule has 0 bridgehead atoms. The van der Waals surface area contributed by atoms with Crippen LogP contribution in [0.1, 0.15) is 25.0 Å². The van der Waals surface area contributed by atoms with Crippen LogP contribution in [0.2, 0.25) is 0 Å². The van der Waals surface area contributed by atoms with Crippen LogP contribution < -0.4 is 10.1 Å². The summed E-state index contributed by atoms with van der Waals surface area (Å²) in [6.45, 7) is 3.65. The Morgan fingerprint density at radius 3 is 2.38 bits per heavy atom. The van der Waals surface area contributed by atoms with Gasteiger partial charge in [0.25, 0.3) is 0 Å². The van der Waals surface area contributed by atoms with Crippen LogP contribution in [0.5, 0.6) is 5.75 Å². The smallest absolute Gasteiger partial charge is 0.416 e. The third-order valence-corrected chi connectivity index (χ3v) is 3.10. The Hall–Kier alpha value is -2.50. The van der Waals surface area contributed by atoms with Crippen LogP contribution in [0.25, 0.3) is 0 Å². The minimum absolute atomic E-state index is 0.0300. The van der Waals surface area contributed by atoms with Gasteiger partial charge in [-0.3, -0.25) is 4.79 Å². The van der Waals surface area contributed by atoms with Gasteiger partial charge < -0.3 is 10.1 Å². The lowest BCUT2D eigenvalue weighted by molar-refractivity contribution is -0.138. The lowest BCUT2D eigenvalue weighted by Crippen LogP contribution is -2.15. The summed E-state index contributed by atoms with van der Waals surface area (Å²) in [5, 5.41) is 2.93. The topological polar surface area (TPSA) is 38.3 Å². The largest absolute Gasteiger partial charge is 0.426 e. The summed E-state index contributed by atoms with van der Waals surface area (Å²) >= 11 is 0. The number of hydrogen-bond acceptors (Lipinski definition) is 3. The molecule has 6 heteroatoms. The second-order valence-corrected chi connectivity index (χ2v) is 5.68. The fraction of sp³-hybridized carbons (Fsp3) is 0.278. The van der Waals surface area contributed by atoms with Crippen LogP contribution in [-0.4, -0.2) is 12.0 Å². The van der Waals surface area contributed by atoms with Gasteiger partial charge in [0.05, 0.1) is 12.0 Å². The number of halogens is 3. The van der Waals surface area contributed by atoms with Gasteiger partial charge in [0.2, 0.25) is 0 Å². The van der Waals surface area contributed by atoms with Gasteiger partial charge in [-0.05, 0) is 49.7 Å². The van der Waals surface area contributed by atoms with E-state index in [1.807, 2.05) is 13.8 Å². The third kappa shape index (κ3) is 5.30. The summed E-state index contributed by atoms with van der Waals surface area (Å²) in [6.07, 6.45) is -4.72. The Morgan fingerprint density at radius 1 is 1.12 bits per heavy atom. The van der Waals surface area contributed by atoms with E-state index in [2.05, 4.69) is 5.32 Å². The molecule has 0 aliphatic heterocycles. The molecule has 0 radical (unpaired) electrons. The number of benzene rings is 2. The molecule has 0 saturated heterocycles. The number of alkyl halides is 3. The van der Waals surface area contributed by atoms with E-state index in [1.54, 1.807) is 30.3 Å². The maximum atomic E-state index is 13.0. The van der Waals surface area contributed by atoms with Gasteiger partial charge in [0, 0.05) is 11.7 Å². The first kappa shape index (κ1) is 17.8. The van der Waals surface area contributed by atoms with Crippen LogP contribution in [-0.2, 0) is 17.4 Å². The molecule has 0 heterocycles. The predicted molar refractivity (Wildman–Crippen MR) is 86.0 cm³/mol. The summed E-state index contributed by atoms with van der Waals surface area (Å²) in [5.74, 6) is -0.258. The van der Waals surface area contributed by atoms with E-state index < -0.39 is 17.7 Å². The Labute approximate surface area is 138 Å². The molecule has 0 saturated carbocycles. The predicted octanol–water partition coefficient (Wildman–Crippen LogP) is 4.67.